The number of H-pyrrole nitrogens is 1. The molecule has 3 saturated heterocycles. The van der Waals surface area contributed by atoms with Crippen LogP contribution in [0.4, 0.5) is 42.2 Å². The summed E-state index contributed by atoms with van der Waals surface area (Å²) in [6, 6.07) is 40.5. The number of isocyanates is 1. The van der Waals surface area contributed by atoms with Crippen LogP contribution in [0.2, 0.25) is 5.28 Å². The second kappa shape index (κ2) is 42.8. The highest BCUT2D eigenvalue weighted by Crippen LogP contribution is 2.44. The topological polar surface area (TPSA) is 342 Å². The first-order chi connectivity index (χ1) is 60.5. The Labute approximate surface area is 791 Å². The van der Waals surface area contributed by atoms with Gasteiger partial charge < -0.3 is 79.3 Å². The number of amides is 6. The number of nitrogens with one attached hydrogen (secondary N) is 7. The van der Waals surface area contributed by atoms with E-state index in [1.165, 1.54) is 48.6 Å². The van der Waals surface area contributed by atoms with Gasteiger partial charge in [0, 0.05) is 120 Å². The molecule has 0 atom stereocenters. The Bertz CT molecular complexity index is 5630. The third kappa shape index (κ3) is 26.8. The molecule has 6 amide bonds. The van der Waals surface area contributed by atoms with Gasteiger partial charge in [0.05, 0.1) is 63.1 Å². The van der Waals surface area contributed by atoms with E-state index >= 15 is 0 Å². The highest BCUT2D eigenvalue weighted by atomic mass is 79.9. The Morgan fingerprint density at radius 3 is 1.45 bits per heavy atom. The van der Waals surface area contributed by atoms with Crippen LogP contribution in [0.5, 0.6) is 0 Å². The van der Waals surface area contributed by atoms with Crippen molar-refractivity contribution in [3.63, 3.8) is 0 Å². The molecule has 0 unspecified atom stereocenters. The van der Waals surface area contributed by atoms with Gasteiger partial charge in [-0.3, -0.25) is 5.10 Å². The molecule has 30 nitrogen and oxygen atoms in total. The van der Waals surface area contributed by atoms with E-state index in [4.69, 9.17) is 44.3 Å². The first kappa shape index (κ1) is 102. The zero-order chi connectivity index (χ0) is 94.0. The minimum atomic E-state index is -0.580. The summed E-state index contributed by atoms with van der Waals surface area (Å²) in [6.07, 6.45) is 7.64. The summed E-state index contributed by atoms with van der Waals surface area (Å²) in [5.41, 5.74) is 12.6. The lowest BCUT2D eigenvalue weighted by atomic mass is 9.49. The van der Waals surface area contributed by atoms with Gasteiger partial charge in [-0.2, -0.15) is 14.9 Å². The van der Waals surface area contributed by atoms with E-state index in [0.717, 1.165) is 67.4 Å². The summed E-state index contributed by atoms with van der Waals surface area (Å²) in [4.78, 5) is 83.7. The molecule has 692 valence electrons. The molecule has 7 aliphatic heterocycles. The number of fused-ring (bicyclic) bond motifs is 6. The minimum Gasteiger partial charge on any atom is -0.442 e. The molecule has 0 bridgehead atoms. The van der Waals surface area contributed by atoms with Gasteiger partial charge in [-0.25, -0.2) is 48.9 Å². The van der Waals surface area contributed by atoms with Gasteiger partial charge in [-0.15, -0.1) is 12.4 Å². The maximum Gasteiger partial charge on any atom is 0.494 e. The number of hydrogen-bond acceptors (Lipinski definition) is 22. The van der Waals surface area contributed by atoms with Gasteiger partial charge in [-0.05, 0) is 300 Å². The molecule has 7 aliphatic rings. The first-order valence-corrected chi connectivity index (χ1v) is 45.3. The van der Waals surface area contributed by atoms with Gasteiger partial charge >= 0.3 is 45.3 Å². The highest BCUT2D eigenvalue weighted by molar-refractivity contribution is 9.10. The number of halogens is 4. The van der Waals surface area contributed by atoms with Crippen LogP contribution in [-0.2, 0) is 89.8 Å². The molecule has 0 aliphatic carbocycles. The number of nitrogens with zero attached hydrogens (tertiary/aromatic N) is 11. The van der Waals surface area contributed by atoms with Crippen molar-refractivity contribution in [2.75, 3.05) is 10.6 Å². The molecule has 4 aromatic heterocycles. The van der Waals surface area contributed by atoms with Crippen LogP contribution < -0.4 is 37.4 Å². The number of carbonyl (C=O) groups is 4. The van der Waals surface area contributed by atoms with Gasteiger partial charge in [0.15, 0.2) is 5.82 Å². The molecular formula is C93H121B3Br2Cl2N18O12. The van der Waals surface area contributed by atoms with Crippen LogP contribution >= 0.6 is 55.9 Å². The van der Waals surface area contributed by atoms with Crippen LogP contribution in [-0.4, -0.2) is 169 Å². The predicted octanol–water partition coefficient (Wildman–Crippen LogP) is 19.0. The van der Waals surface area contributed by atoms with Gasteiger partial charge in [-0.1, -0.05) is 74.3 Å². The summed E-state index contributed by atoms with van der Waals surface area (Å²) >= 11 is 12.7. The highest BCUT2D eigenvalue weighted by Gasteiger charge is 2.64. The average Bonchev–Trinajstić information content (AvgIpc) is 1.60. The Morgan fingerprint density at radius 1 is 0.515 bits per heavy atom. The molecule has 17 rings (SSSR count). The summed E-state index contributed by atoms with van der Waals surface area (Å²) < 4.78 is 44.9. The number of urea groups is 3. The van der Waals surface area contributed by atoms with Crippen LogP contribution in [0.1, 0.15) is 204 Å². The van der Waals surface area contributed by atoms with E-state index < -0.39 is 25.7 Å². The van der Waals surface area contributed by atoms with Crippen molar-refractivity contribution in [1.29, 1.82) is 0 Å². The van der Waals surface area contributed by atoms with E-state index in [-0.39, 0.29) is 101 Å². The summed E-state index contributed by atoms with van der Waals surface area (Å²) in [6.45, 7) is 51.3. The summed E-state index contributed by atoms with van der Waals surface area (Å²) in [5, 5.41) is 31.7. The van der Waals surface area contributed by atoms with Crippen LogP contribution in [0.15, 0.2) is 160 Å². The fraction of sp³-hybridized carbons (Fsp3) is 0.452. The van der Waals surface area contributed by atoms with Gasteiger partial charge in [0.2, 0.25) is 11.4 Å². The van der Waals surface area contributed by atoms with E-state index in [1.807, 2.05) is 201 Å². The van der Waals surface area contributed by atoms with Gasteiger partial charge in [0.25, 0.3) is 0 Å². The molecule has 37 heteroatoms. The minimum absolute atomic E-state index is 0. The average molecular weight is 1950 g/mol. The standard InChI is InChI=1S/C23H23N7O.C18H27BN2O3.C16H16ClN5O2.C12H24B2O4.C12H15BrN2O.C8H8BrN.C4H7NO.ClH/c1-14(2)26-23(31)30-12-16-4-3-15(9-18(16)13-30)22-24-8-7-21(28-22)27-19-5-6-20-17(10-19)11-25-29-20;1-12(2)20-16(22)21-10-13-7-8-15(9-14(13)11-21)19-23-17(3,4)18(5,6)24-19;1-16(2,3)24-15(23)22-12-5-4-11(8-10(12)9-19-22)20-13-6-7-18-14(17)21-13;1-9(2)10(3,4)16-13(15-9)14-17-11(5,6)12(7,8)18-14;1-8(2)14-12(16)15-6-9-3-4-11(13)5-10(9)7-15;9-8-2-1-6-4-10-5-7(6)3-8;1-4(2)5-3-6;/h3-11,14H,12-13H2,1-2H3,(H,25,29)(H,26,31)(H,24,27,28);7-9,12H,10-11H2,1-6H3,(H,20,22);4-9H,1-3H3,(H,18,20,21);1-8H3;3-5,8H,6-7H2,1-2H3,(H,14,16);1-3,10H,4-5H2;4H,1-2H3;1H. The molecule has 0 spiro atoms. The van der Waals surface area contributed by atoms with E-state index in [2.05, 4.69) is 186 Å². The van der Waals surface area contributed by atoms with Crippen LogP contribution in [0.3, 0.4) is 0 Å². The molecule has 130 heavy (non-hydrogen) atoms. The van der Waals surface area contributed by atoms with Crippen molar-refractivity contribution in [3.8, 4) is 11.4 Å². The SMILES string of the molecule is Brc1ccc2c(c1)CNC2.CC(C)(C)OC(=O)n1ncc2cc(Nc3ccnc(Cl)n3)ccc21.CC(C)N=C=O.CC(C)NC(=O)N1Cc2ccc(-c3nccc(Nc4ccc5[nH]ncc5c4)n3)cc2C1.CC(C)NC(=O)N1Cc2ccc(B3OC(C)(C)C(C)(C)O3)cc2C1.CC(C)NC(=O)N1Cc2ccc(Br)cc2C1.CC1(C)OB(B2OC(C)(C)C(C)(C)O2)OC1(C)C.Cl. The number of carbonyl (C=O) groups excluding carboxylic acids is 5. The maximum absolute atomic E-state index is 12.3. The molecule has 11 heterocycles. The number of ether oxygens (including phenoxy) is 1. The van der Waals surface area contributed by atoms with Crippen molar-refractivity contribution in [2.45, 2.75) is 275 Å². The van der Waals surface area contributed by atoms with E-state index in [0.29, 0.717) is 62.2 Å². The Kier molecular flexibility index (Phi) is 33.6. The monoisotopic (exact) mass is 1940 g/mol. The first-order valence-electron chi connectivity index (χ1n) is 43.3. The number of aliphatic imine (C=N–C) groups is 1. The van der Waals surface area contributed by atoms with Crippen LogP contribution in [0, 0.1) is 0 Å². The summed E-state index contributed by atoms with van der Waals surface area (Å²) in [7, 11) is -1.31. The lowest BCUT2D eigenvalue weighted by molar-refractivity contribution is 0.00578. The molecular weight excluding hydrogens is 1820 g/mol. The predicted molar refractivity (Wildman–Crippen MR) is 521 cm³/mol. The second-order valence-electron chi connectivity index (χ2n) is 37.7. The fourth-order valence-electron chi connectivity index (χ4n) is 14.1. The summed E-state index contributed by atoms with van der Waals surface area (Å²) in [5.74, 6) is 1.93. The lowest BCUT2D eigenvalue weighted by Gasteiger charge is -2.32. The molecule has 3 fully saturated rings. The van der Waals surface area contributed by atoms with Crippen molar-refractivity contribution in [1.82, 2.24) is 75.9 Å². The smallest absolute Gasteiger partial charge is 0.442 e. The van der Waals surface area contributed by atoms with E-state index in [1.54, 1.807) is 36.9 Å². The second-order valence-corrected chi connectivity index (χ2v) is 39.9. The normalized spacial score (nSPS) is 16.8. The number of hydrogen-bond donors (Lipinski definition) is 7. The Hall–Kier alpha value is -9.87. The zero-order valence-electron chi connectivity index (χ0n) is 78.4. The number of rotatable bonds is 11. The van der Waals surface area contributed by atoms with E-state index in [9.17, 15) is 24.0 Å². The molecule has 6 aromatic carbocycles. The van der Waals surface area contributed by atoms with Crippen LogP contribution in [0.25, 0.3) is 33.2 Å². The maximum atomic E-state index is 12.3. The number of aromatic nitrogens is 8. The van der Waals surface area contributed by atoms with Crippen molar-refractivity contribution < 1.29 is 56.6 Å². The number of benzene rings is 6. The number of anilines is 4. The lowest BCUT2D eigenvalue weighted by Crippen LogP contribution is -2.41. The van der Waals surface area contributed by atoms with Crippen molar-refractivity contribution >= 4 is 158 Å². The molecule has 10 aromatic rings. The van der Waals surface area contributed by atoms with Crippen molar-refractivity contribution in [2.24, 2.45) is 4.99 Å². The third-order valence-electron chi connectivity index (χ3n) is 22.9. The van der Waals surface area contributed by atoms with Crippen molar-refractivity contribution in [3.05, 3.63) is 205 Å². The molecule has 7 N–H and O–H groups in total. The zero-order valence-corrected chi connectivity index (χ0v) is 83.2. The number of aromatic amines is 1. The Morgan fingerprint density at radius 2 is 0.954 bits per heavy atom. The largest absolute Gasteiger partial charge is 0.494 e. The fourth-order valence-corrected chi connectivity index (χ4v) is 15.1. The molecule has 0 saturated carbocycles. The van der Waals surface area contributed by atoms with Gasteiger partial charge in [0.1, 0.15) is 17.2 Å². The molecule has 0 radical (unpaired) electrons. The Balaban J connectivity index is 0.000000164. The third-order valence-corrected chi connectivity index (χ3v) is 24.1. The quantitative estimate of drug-likeness (QED) is 0.0274.